The molecule has 0 aliphatic carbocycles. The Morgan fingerprint density at radius 2 is 1.83 bits per heavy atom. The maximum absolute atomic E-state index is 12.1. The third-order valence-electron chi connectivity index (χ3n) is 2.92. The highest BCUT2D eigenvalue weighted by atomic mass is 35.5. The Bertz CT molecular complexity index is 610. The Kier molecular flexibility index (Phi) is 8.53. The minimum atomic E-state index is -1.12. The number of anilines is 1. The van der Waals surface area contributed by atoms with E-state index in [1.807, 2.05) is 6.92 Å². The van der Waals surface area contributed by atoms with Crippen molar-refractivity contribution in [1.29, 1.82) is 0 Å². The van der Waals surface area contributed by atoms with Crippen LogP contribution >= 0.6 is 23.2 Å². The number of carboxylic acids is 1. The lowest BCUT2D eigenvalue weighted by atomic mass is 10.3. The van der Waals surface area contributed by atoms with Crippen molar-refractivity contribution >= 4 is 46.7 Å². The Morgan fingerprint density at radius 3 is 2.42 bits per heavy atom. The third-order valence-corrected chi connectivity index (χ3v) is 3.46. The van der Waals surface area contributed by atoms with Gasteiger partial charge in [-0.25, -0.2) is 0 Å². The van der Waals surface area contributed by atoms with Gasteiger partial charge in [-0.15, -0.1) is 0 Å². The highest BCUT2D eigenvalue weighted by Crippen LogP contribution is 2.25. The van der Waals surface area contributed by atoms with E-state index in [1.54, 1.807) is 17.0 Å². The molecule has 1 aromatic rings. The van der Waals surface area contributed by atoms with Crippen LogP contribution in [0.3, 0.4) is 0 Å². The predicted octanol–water partition coefficient (Wildman–Crippen LogP) is 1.84. The molecule has 0 radical (unpaired) electrons. The summed E-state index contributed by atoms with van der Waals surface area (Å²) >= 11 is 11.8. The van der Waals surface area contributed by atoms with Crippen LogP contribution in [0.1, 0.15) is 13.3 Å². The monoisotopic (exact) mass is 375 g/mol. The molecule has 0 heterocycles. The average Bonchev–Trinajstić information content (AvgIpc) is 2.48. The lowest BCUT2D eigenvalue weighted by Gasteiger charge is -2.20. The van der Waals surface area contributed by atoms with Gasteiger partial charge in [0.2, 0.25) is 11.8 Å². The molecule has 0 aliphatic heterocycles. The molecular weight excluding hydrogens is 357 g/mol. The van der Waals surface area contributed by atoms with E-state index in [2.05, 4.69) is 10.6 Å². The number of amides is 2. The molecule has 0 saturated carbocycles. The van der Waals surface area contributed by atoms with E-state index in [-0.39, 0.29) is 19.0 Å². The number of aliphatic carboxylic acids is 1. The van der Waals surface area contributed by atoms with Crippen LogP contribution in [-0.4, -0.2) is 54.0 Å². The zero-order valence-electron chi connectivity index (χ0n) is 13.1. The summed E-state index contributed by atoms with van der Waals surface area (Å²) in [5, 5.41) is 14.2. The molecule has 0 bridgehead atoms. The summed E-state index contributed by atoms with van der Waals surface area (Å²) in [5.74, 6) is -1.91. The lowest BCUT2D eigenvalue weighted by molar-refractivity contribution is -0.138. The van der Waals surface area contributed by atoms with Crippen molar-refractivity contribution in [2.45, 2.75) is 13.3 Å². The molecule has 3 N–H and O–H groups in total. The fraction of sp³-hybridized carbons (Fsp3) is 0.400. The van der Waals surface area contributed by atoms with Gasteiger partial charge in [-0.1, -0.05) is 30.1 Å². The Labute approximate surface area is 149 Å². The molecule has 24 heavy (non-hydrogen) atoms. The number of benzene rings is 1. The maximum Gasteiger partial charge on any atom is 0.322 e. The first-order chi connectivity index (χ1) is 11.3. The number of carboxylic acid groups (broad SMARTS) is 1. The van der Waals surface area contributed by atoms with Gasteiger partial charge in [0.15, 0.2) is 0 Å². The molecule has 1 rings (SSSR count). The van der Waals surface area contributed by atoms with Crippen molar-refractivity contribution in [3.05, 3.63) is 28.2 Å². The Balaban J connectivity index is 2.58. The molecule has 2 amide bonds. The van der Waals surface area contributed by atoms with Gasteiger partial charge in [-0.2, -0.15) is 0 Å². The highest BCUT2D eigenvalue weighted by Gasteiger charge is 2.15. The fourth-order valence-corrected chi connectivity index (χ4v) is 2.40. The summed E-state index contributed by atoms with van der Waals surface area (Å²) in [7, 11) is 0. The number of carbonyl (C=O) groups excluding carboxylic acids is 2. The first-order valence-corrected chi connectivity index (χ1v) is 8.03. The second-order valence-corrected chi connectivity index (χ2v) is 5.90. The SMILES string of the molecule is CCCN(CC(=O)NCC(=O)O)CC(=O)Nc1ccc(Cl)cc1Cl. The quantitative estimate of drug-likeness (QED) is 0.611. The van der Waals surface area contributed by atoms with E-state index < -0.39 is 18.4 Å². The van der Waals surface area contributed by atoms with Crippen molar-refractivity contribution < 1.29 is 19.5 Å². The summed E-state index contributed by atoms with van der Waals surface area (Å²) in [6.07, 6.45) is 0.737. The second kappa shape index (κ2) is 10.1. The summed E-state index contributed by atoms with van der Waals surface area (Å²) in [4.78, 5) is 35.9. The smallest absolute Gasteiger partial charge is 0.322 e. The number of nitrogens with zero attached hydrogens (tertiary/aromatic N) is 1. The summed E-state index contributed by atoms with van der Waals surface area (Å²) in [5.41, 5.74) is 0.429. The van der Waals surface area contributed by atoms with Crippen LogP contribution in [0.5, 0.6) is 0 Å². The molecule has 0 fully saturated rings. The number of hydrogen-bond acceptors (Lipinski definition) is 4. The zero-order valence-corrected chi connectivity index (χ0v) is 14.7. The highest BCUT2D eigenvalue weighted by molar-refractivity contribution is 6.36. The summed E-state index contributed by atoms with van der Waals surface area (Å²) < 4.78 is 0. The van der Waals surface area contributed by atoms with Gasteiger partial charge in [0.25, 0.3) is 0 Å². The summed E-state index contributed by atoms with van der Waals surface area (Å²) in [6, 6.07) is 4.71. The Morgan fingerprint density at radius 1 is 1.17 bits per heavy atom. The van der Waals surface area contributed by atoms with Gasteiger partial charge in [0, 0.05) is 5.02 Å². The van der Waals surface area contributed by atoms with Crippen LogP contribution < -0.4 is 10.6 Å². The molecule has 0 spiro atoms. The number of halogens is 2. The van der Waals surface area contributed by atoms with Crippen molar-refractivity contribution in [1.82, 2.24) is 10.2 Å². The fourth-order valence-electron chi connectivity index (χ4n) is 1.95. The van der Waals surface area contributed by atoms with E-state index >= 15 is 0 Å². The van der Waals surface area contributed by atoms with E-state index in [0.29, 0.717) is 22.3 Å². The minimum Gasteiger partial charge on any atom is -0.480 e. The predicted molar refractivity (Wildman–Crippen MR) is 92.5 cm³/mol. The van der Waals surface area contributed by atoms with E-state index in [9.17, 15) is 14.4 Å². The van der Waals surface area contributed by atoms with Gasteiger partial charge in [-0.3, -0.25) is 19.3 Å². The maximum atomic E-state index is 12.1. The molecule has 9 heteroatoms. The van der Waals surface area contributed by atoms with Crippen molar-refractivity contribution in [2.75, 3.05) is 31.5 Å². The number of rotatable bonds is 9. The van der Waals surface area contributed by atoms with Crippen molar-refractivity contribution in [3.8, 4) is 0 Å². The van der Waals surface area contributed by atoms with Gasteiger partial charge < -0.3 is 15.7 Å². The van der Waals surface area contributed by atoms with Crippen LogP contribution in [0.4, 0.5) is 5.69 Å². The molecule has 0 atom stereocenters. The summed E-state index contributed by atoms with van der Waals surface area (Å²) in [6.45, 7) is 1.89. The first-order valence-electron chi connectivity index (χ1n) is 7.27. The number of carbonyl (C=O) groups is 3. The molecule has 0 saturated heterocycles. The Hall–Kier alpha value is -1.83. The average molecular weight is 376 g/mol. The van der Waals surface area contributed by atoms with E-state index in [4.69, 9.17) is 28.3 Å². The third kappa shape index (κ3) is 7.63. The topological polar surface area (TPSA) is 98.7 Å². The first kappa shape index (κ1) is 20.2. The van der Waals surface area contributed by atoms with Crippen molar-refractivity contribution in [3.63, 3.8) is 0 Å². The second-order valence-electron chi connectivity index (χ2n) is 5.05. The molecule has 1 aromatic carbocycles. The normalized spacial score (nSPS) is 10.5. The standard InChI is InChI=1S/C15H19Cl2N3O4/c1-2-5-20(8-13(21)18-7-15(23)24)9-14(22)19-12-4-3-10(16)6-11(12)17/h3-4,6H,2,5,7-9H2,1H3,(H,18,21)(H,19,22)(H,23,24). The van der Waals surface area contributed by atoms with Crippen LogP contribution in [0, 0.1) is 0 Å². The molecular formula is C15H19Cl2N3O4. The van der Waals surface area contributed by atoms with Crippen LogP contribution in [0.25, 0.3) is 0 Å². The number of nitrogens with one attached hydrogen (secondary N) is 2. The van der Waals surface area contributed by atoms with Gasteiger partial charge >= 0.3 is 5.97 Å². The van der Waals surface area contributed by atoms with Gasteiger partial charge in [0.05, 0.1) is 23.8 Å². The minimum absolute atomic E-state index is 0.0205. The molecule has 0 aromatic heterocycles. The largest absolute Gasteiger partial charge is 0.480 e. The van der Waals surface area contributed by atoms with E-state index in [0.717, 1.165) is 6.42 Å². The van der Waals surface area contributed by atoms with Crippen LogP contribution in [0.15, 0.2) is 18.2 Å². The lowest BCUT2D eigenvalue weighted by Crippen LogP contribution is -2.42. The molecule has 0 unspecified atom stereocenters. The van der Waals surface area contributed by atoms with Crippen LogP contribution in [0.2, 0.25) is 10.0 Å². The van der Waals surface area contributed by atoms with Crippen molar-refractivity contribution in [2.24, 2.45) is 0 Å². The molecule has 7 nitrogen and oxygen atoms in total. The van der Waals surface area contributed by atoms with Gasteiger partial charge in [0.1, 0.15) is 6.54 Å². The number of hydrogen-bond donors (Lipinski definition) is 3. The van der Waals surface area contributed by atoms with E-state index in [1.165, 1.54) is 6.07 Å². The van der Waals surface area contributed by atoms with Crippen LogP contribution in [-0.2, 0) is 14.4 Å². The molecule has 132 valence electrons. The zero-order chi connectivity index (χ0) is 18.1. The van der Waals surface area contributed by atoms with Gasteiger partial charge in [-0.05, 0) is 31.2 Å². The molecule has 0 aliphatic rings.